The molecule has 1 aromatic carbocycles. The molecular formula is C18H27NO2. The van der Waals surface area contributed by atoms with E-state index in [0.717, 1.165) is 38.0 Å². The SMILES string of the molecule is CC(O)C1CCN(CC(C)(C)C(=O)c2ccccc2)CC1. The summed E-state index contributed by atoms with van der Waals surface area (Å²) in [5.41, 5.74) is 0.417. The molecule has 0 spiro atoms. The van der Waals surface area contributed by atoms with Gasteiger partial charge in [0, 0.05) is 17.5 Å². The number of rotatable bonds is 5. The first-order valence-electron chi connectivity index (χ1n) is 7.90. The van der Waals surface area contributed by atoms with Crippen LogP contribution in [0.15, 0.2) is 30.3 Å². The van der Waals surface area contributed by atoms with E-state index in [2.05, 4.69) is 4.90 Å². The highest BCUT2D eigenvalue weighted by Crippen LogP contribution is 2.27. The van der Waals surface area contributed by atoms with Crippen molar-refractivity contribution in [1.82, 2.24) is 4.90 Å². The number of hydrogen-bond acceptors (Lipinski definition) is 3. The van der Waals surface area contributed by atoms with E-state index in [1.165, 1.54) is 0 Å². The van der Waals surface area contributed by atoms with Crippen LogP contribution in [0.5, 0.6) is 0 Å². The number of ketones is 1. The highest BCUT2D eigenvalue weighted by Gasteiger charge is 2.32. The number of carbonyl (C=O) groups excluding carboxylic acids is 1. The van der Waals surface area contributed by atoms with Gasteiger partial charge in [0.25, 0.3) is 0 Å². The van der Waals surface area contributed by atoms with Crippen LogP contribution in [0, 0.1) is 11.3 Å². The number of benzene rings is 1. The second-order valence-corrected chi connectivity index (χ2v) is 6.93. The number of carbonyl (C=O) groups is 1. The molecule has 3 nitrogen and oxygen atoms in total. The molecule has 1 unspecified atom stereocenters. The van der Waals surface area contributed by atoms with Crippen LogP contribution in [0.4, 0.5) is 0 Å². The van der Waals surface area contributed by atoms with Crippen molar-refractivity contribution in [2.45, 2.75) is 39.7 Å². The van der Waals surface area contributed by atoms with Crippen LogP contribution in [0.25, 0.3) is 0 Å². The van der Waals surface area contributed by atoms with E-state index in [1.807, 2.05) is 51.1 Å². The maximum atomic E-state index is 12.6. The molecule has 1 heterocycles. The molecule has 1 fully saturated rings. The van der Waals surface area contributed by atoms with Gasteiger partial charge >= 0.3 is 0 Å². The van der Waals surface area contributed by atoms with Gasteiger partial charge in [-0.3, -0.25) is 4.79 Å². The Morgan fingerprint density at radius 1 is 1.29 bits per heavy atom. The minimum absolute atomic E-state index is 0.209. The second-order valence-electron chi connectivity index (χ2n) is 6.93. The van der Waals surface area contributed by atoms with Gasteiger partial charge in [-0.25, -0.2) is 0 Å². The van der Waals surface area contributed by atoms with Crippen molar-refractivity contribution in [3.63, 3.8) is 0 Å². The molecule has 21 heavy (non-hydrogen) atoms. The quantitative estimate of drug-likeness (QED) is 0.847. The Kier molecular flexibility index (Phi) is 5.17. The number of piperidine rings is 1. The van der Waals surface area contributed by atoms with Gasteiger partial charge in [0.15, 0.2) is 5.78 Å². The fraction of sp³-hybridized carbons (Fsp3) is 0.611. The minimum Gasteiger partial charge on any atom is -0.393 e. The summed E-state index contributed by atoms with van der Waals surface area (Å²) in [6.07, 6.45) is 1.83. The molecule has 0 radical (unpaired) electrons. The summed E-state index contributed by atoms with van der Waals surface area (Å²) in [4.78, 5) is 15.0. The lowest BCUT2D eigenvalue weighted by Crippen LogP contribution is -2.44. The van der Waals surface area contributed by atoms with Gasteiger partial charge in [-0.05, 0) is 38.8 Å². The molecule has 116 valence electrons. The Morgan fingerprint density at radius 3 is 2.38 bits per heavy atom. The number of aliphatic hydroxyl groups is 1. The summed E-state index contributed by atoms with van der Waals surface area (Å²) in [6.45, 7) is 8.67. The predicted molar refractivity (Wildman–Crippen MR) is 85.4 cm³/mol. The molecule has 2 rings (SSSR count). The summed E-state index contributed by atoms with van der Waals surface area (Å²) in [5.74, 6) is 0.620. The highest BCUT2D eigenvalue weighted by molar-refractivity contribution is 6.00. The number of hydrogen-bond donors (Lipinski definition) is 1. The standard InChI is InChI=1S/C18H27NO2/c1-14(20)15-9-11-19(12-10-15)13-18(2,3)17(21)16-7-5-4-6-8-16/h4-8,14-15,20H,9-13H2,1-3H3. The Balaban J connectivity index is 1.94. The maximum absolute atomic E-state index is 12.6. The van der Waals surface area contributed by atoms with Gasteiger partial charge in [0.05, 0.1) is 6.10 Å². The molecule has 0 aliphatic carbocycles. The molecule has 0 amide bonds. The van der Waals surface area contributed by atoms with Crippen molar-refractivity contribution in [2.24, 2.45) is 11.3 Å². The van der Waals surface area contributed by atoms with E-state index in [9.17, 15) is 9.90 Å². The third-order valence-corrected chi connectivity index (χ3v) is 4.58. The van der Waals surface area contributed by atoms with Crippen LogP contribution < -0.4 is 0 Å². The number of likely N-dealkylation sites (tertiary alicyclic amines) is 1. The van der Waals surface area contributed by atoms with Crippen LogP contribution in [0.1, 0.15) is 44.0 Å². The lowest BCUT2D eigenvalue weighted by Gasteiger charge is -2.37. The van der Waals surface area contributed by atoms with Crippen LogP contribution in [0.2, 0.25) is 0 Å². The zero-order valence-electron chi connectivity index (χ0n) is 13.4. The third-order valence-electron chi connectivity index (χ3n) is 4.58. The van der Waals surface area contributed by atoms with Gasteiger partial charge in [-0.1, -0.05) is 44.2 Å². The van der Waals surface area contributed by atoms with Crippen molar-refractivity contribution in [1.29, 1.82) is 0 Å². The molecule has 0 bridgehead atoms. The average molecular weight is 289 g/mol. The van der Waals surface area contributed by atoms with Gasteiger partial charge in [0.1, 0.15) is 0 Å². The van der Waals surface area contributed by atoms with Gasteiger partial charge in [0.2, 0.25) is 0 Å². The van der Waals surface area contributed by atoms with E-state index >= 15 is 0 Å². The van der Waals surface area contributed by atoms with Crippen molar-refractivity contribution in [2.75, 3.05) is 19.6 Å². The predicted octanol–water partition coefficient (Wildman–Crippen LogP) is 2.99. The normalized spacial score (nSPS) is 19.4. The first-order valence-corrected chi connectivity index (χ1v) is 7.90. The molecule has 1 aliphatic heterocycles. The molecule has 1 saturated heterocycles. The summed E-state index contributed by atoms with van der Waals surface area (Å²) >= 11 is 0. The topological polar surface area (TPSA) is 40.5 Å². The first-order chi connectivity index (χ1) is 9.90. The lowest BCUT2D eigenvalue weighted by atomic mass is 9.82. The average Bonchev–Trinajstić information content (AvgIpc) is 2.47. The number of Topliss-reactive ketones (excluding diaryl/α,β-unsaturated/α-hetero) is 1. The Labute approximate surface area is 128 Å². The summed E-state index contributed by atoms with van der Waals surface area (Å²) in [5, 5.41) is 9.66. The van der Waals surface area contributed by atoms with Crippen molar-refractivity contribution in [3.8, 4) is 0 Å². The Hall–Kier alpha value is -1.19. The number of nitrogens with zero attached hydrogens (tertiary/aromatic N) is 1. The van der Waals surface area contributed by atoms with Crippen molar-refractivity contribution in [3.05, 3.63) is 35.9 Å². The monoisotopic (exact) mass is 289 g/mol. The summed E-state index contributed by atoms with van der Waals surface area (Å²) in [7, 11) is 0. The first kappa shape index (κ1) is 16.2. The van der Waals surface area contributed by atoms with Crippen LogP contribution in [0.3, 0.4) is 0 Å². The van der Waals surface area contributed by atoms with Gasteiger partial charge < -0.3 is 10.0 Å². The Morgan fingerprint density at radius 2 is 1.86 bits per heavy atom. The third kappa shape index (κ3) is 4.14. The zero-order chi connectivity index (χ0) is 15.5. The van der Waals surface area contributed by atoms with E-state index in [4.69, 9.17) is 0 Å². The largest absolute Gasteiger partial charge is 0.393 e. The minimum atomic E-state index is -0.376. The lowest BCUT2D eigenvalue weighted by molar-refractivity contribution is 0.0520. The van der Waals surface area contributed by atoms with Crippen LogP contribution in [-0.2, 0) is 0 Å². The highest BCUT2D eigenvalue weighted by atomic mass is 16.3. The Bertz CT molecular complexity index is 459. The van der Waals surface area contributed by atoms with Gasteiger partial charge in [-0.15, -0.1) is 0 Å². The maximum Gasteiger partial charge on any atom is 0.169 e. The summed E-state index contributed by atoms with van der Waals surface area (Å²) in [6, 6.07) is 9.55. The zero-order valence-corrected chi connectivity index (χ0v) is 13.4. The summed E-state index contributed by atoms with van der Waals surface area (Å²) < 4.78 is 0. The molecule has 3 heteroatoms. The fourth-order valence-electron chi connectivity index (χ4n) is 3.20. The fourth-order valence-corrected chi connectivity index (χ4v) is 3.20. The molecule has 0 aromatic heterocycles. The molecule has 1 N–H and O–H groups in total. The van der Waals surface area contributed by atoms with Crippen LogP contribution >= 0.6 is 0 Å². The molecule has 1 atom stereocenters. The van der Waals surface area contributed by atoms with Crippen molar-refractivity contribution >= 4 is 5.78 Å². The van der Waals surface area contributed by atoms with E-state index in [1.54, 1.807) is 0 Å². The second kappa shape index (κ2) is 6.71. The van der Waals surface area contributed by atoms with Crippen LogP contribution in [-0.4, -0.2) is 41.5 Å². The van der Waals surface area contributed by atoms with E-state index in [0.29, 0.717) is 5.92 Å². The molecular weight excluding hydrogens is 262 g/mol. The van der Waals surface area contributed by atoms with Gasteiger partial charge in [-0.2, -0.15) is 0 Å². The smallest absolute Gasteiger partial charge is 0.169 e. The van der Waals surface area contributed by atoms with Crippen molar-refractivity contribution < 1.29 is 9.90 Å². The number of aliphatic hydroxyl groups excluding tert-OH is 1. The molecule has 0 saturated carbocycles. The molecule has 1 aliphatic rings. The molecule has 1 aromatic rings. The van der Waals surface area contributed by atoms with E-state index < -0.39 is 0 Å². The van der Waals surface area contributed by atoms with E-state index in [-0.39, 0.29) is 17.3 Å².